The van der Waals surface area contributed by atoms with Crippen LogP contribution >= 0.6 is 11.8 Å². The van der Waals surface area contributed by atoms with Crippen molar-refractivity contribution in [1.82, 2.24) is 4.90 Å². The summed E-state index contributed by atoms with van der Waals surface area (Å²) in [5.41, 5.74) is 0.858. The topological polar surface area (TPSA) is 41.6 Å². The van der Waals surface area contributed by atoms with E-state index >= 15 is 0 Å². The summed E-state index contributed by atoms with van der Waals surface area (Å²) in [5, 5.41) is 2.96. The molecule has 0 spiro atoms. The molecule has 0 aliphatic carbocycles. The first-order valence-electron chi connectivity index (χ1n) is 6.88. The summed E-state index contributed by atoms with van der Waals surface area (Å²) in [6.45, 7) is 6.12. The van der Waals surface area contributed by atoms with Crippen molar-refractivity contribution in [1.29, 1.82) is 0 Å². The highest BCUT2D eigenvalue weighted by Crippen LogP contribution is 2.19. The number of carbonyl (C=O) groups is 1. The lowest BCUT2D eigenvalue weighted by Gasteiger charge is -2.34. The van der Waals surface area contributed by atoms with Crippen molar-refractivity contribution in [3.05, 3.63) is 24.3 Å². The average Bonchev–Trinajstić information content (AvgIpc) is 2.37. The molecule has 1 aliphatic heterocycles. The SMILES string of the molecule is CSc1cccc(NC(=O)CN2CC(C)OC(C)C2)c1. The van der Waals surface area contributed by atoms with Crippen LogP contribution in [0.15, 0.2) is 29.2 Å². The molecule has 1 N–H and O–H groups in total. The molecule has 1 aliphatic rings. The fourth-order valence-corrected chi connectivity index (χ4v) is 2.98. The monoisotopic (exact) mass is 294 g/mol. The third kappa shape index (κ3) is 4.51. The third-order valence-electron chi connectivity index (χ3n) is 3.22. The van der Waals surface area contributed by atoms with Crippen molar-refractivity contribution in [2.45, 2.75) is 31.0 Å². The van der Waals surface area contributed by atoms with E-state index in [1.54, 1.807) is 11.8 Å². The Kier molecular flexibility index (Phi) is 5.46. The minimum atomic E-state index is 0.0320. The molecule has 0 saturated carbocycles. The molecule has 2 unspecified atom stereocenters. The number of anilines is 1. The summed E-state index contributed by atoms with van der Waals surface area (Å²) >= 11 is 1.67. The van der Waals surface area contributed by atoms with Crippen LogP contribution in [0.4, 0.5) is 5.69 Å². The summed E-state index contributed by atoms with van der Waals surface area (Å²) in [4.78, 5) is 15.4. The van der Waals surface area contributed by atoms with Crippen LogP contribution in [0.5, 0.6) is 0 Å². The van der Waals surface area contributed by atoms with Crippen LogP contribution in [0.2, 0.25) is 0 Å². The minimum Gasteiger partial charge on any atom is -0.373 e. The van der Waals surface area contributed by atoms with Gasteiger partial charge in [-0.1, -0.05) is 6.07 Å². The number of hydrogen-bond donors (Lipinski definition) is 1. The van der Waals surface area contributed by atoms with Crippen molar-refractivity contribution in [3.63, 3.8) is 0 Å². The van der Waals surface area contributed by atoms with Crippen molar-refractivity contribution < 1.29 is 9.53 Å². The Morgan fingerprint density at radius 3 is 2.75 bits per heavy atom. The fourth-order valence-electron chi connectivity index (χ4n) is 2.52. The van der Waals surface area contributed by atoms with Crippen molar-refractivity contribution in [2.24, 2.45) is 0 Å². The Labute approximate surface area is 124 Å². The van der Waals surface area contributed by atoms with E-state index in [9.17, 15) is 4.79 Å². The quantitative estimate of drug-likeness (QED) is 0.866. The van der Waals surface area contributed by atoms with Crippen LogP contribution in [0.3, 0.4) is 0 Å². The van der Waals surface area contributed by atoms with Gasteiger partial charge in [0.15, 0.2) is 0 Å². The van der Waals surface area contributed by atoms with E-state index in [1.165, 1.54) is 0 Å². The van der Waals surface area contributed by atoms with Crippen molar-refractivity contribution >= 4 is 23.4 Å². The van der Waals surface area contributed by atoms with Gasteiger partial charge in [0.05, 0.1) is 18.8 Å². The van der Waals surface area contributed by atoms with Gasteiger partial charge in [-0.2, -0.15) is 0 Å². The van der Waals surface area contributed by atoms with E-state index < -0.39 is 0 Å². The smallest absolute Gasteiger partial charge is 0.238 e. The maximum Gasteiger partial charge on any atom is 0.238 e. The lowest BCUT2D eigenvalue weighted by Crippen LogP contribution is -2.48. The molecule has 2 rings (SSSR count). The lowest BCUT2D eigenvalue weighted by atomic mass is 10.2. The van der Waals surface area contributed by atoms with Gasteiger partial charge >= 0.3 is 0 Å². The van der Waals surface area contributed by atoms with Gasteiger partial charge in [0, 0.05) is 23.7 Å². The highest BCUT2D eigenvalue weighted by molar-refractivity contribution is 7.98. The summed E-state index contributed by atoms with van der Waals surface area (Å²) in [7, 11) is 0. The molecule has 4 nitrogen and oxygen atoms in total. The van der Waals surface area contributed by atoms with Gasteiger partial charge in [0.1, 0.15) is 0 Å². The predicted octanol–water partition coefficient (Wildman–Crippen LogP) is 2.46. The van der Waals surface area contributed by atoms with Crippen LogP contribution < -0.4 is 5.32 Å². The second-order valence-electron chi connectivity index (χ2n) is 5.23. The molecule has 1 amide bonds. The molecular formula is C15H22N2O2S. The molecule has 1 aromatic carbocycles. The number of morpholine rings is 1. The van der Waals surface area contributed by atoms with E-state index in [0.717, 1.165) is 23.7 Å². The normalized spacial score (nSPS) is 23.6. The number of thioether (sulfide) groups is 1. The number of carbonyl (C=O) groups excluding carboxylic acids is 1. The average molecular weight is 294 g/mol. The minimum absolute atomic E-state index is 0.0320. The predicted molar refractivity (Wildman–Crippen MR) is 83.3 cm³/mol. The first kappa shape index (κ1) is 15.4. The van der Waals surface area contributed by atoms with Crippen LogP contribution in [-0.4, -0.2) is 48.9 Å². The van der Waals surface area contributed by atoms with Gasteiger partial charge in [-0.05, 0) is 38.3 Å². The van der Waals surface area contributed by atoms with Gasteiger partial charge in [-0.3, -0.25) is 9.69 Å². The van der Waals surface area contributed by atoms with E-state index in [2.05, 4.69) is 10.2 Å². The van der Waals surface area contributed by atoms with Gasteiger partial charge in [0.2, 0.25) is 5.91 Å². The Bertz CT molecular complexity index is 457. The number of nitrogens with zero attached hydrogens (tertiary/aromatic N) is 1. The number of ether oxygens (including phenoxy) is 1. The van der Waals surface area contributed by atoms with Crippen molar-refractivity contribution in [2.75, 3.05) is 31.2 Å². The zero-order valence-electron chi connectivity index (χ0n) is 12.3. The summed E-state index contributed by atoms with van der Waals surface area (Å²) < 4.78 is 5.67. The van der Waals surface area contributed by atoms with Crippen LogP contribution in [0.1, 0.15) is 13.8 Å². The molecule has 20 heavy (non-hydrogen) atoms. The summed E-state index contributed by atoms with van der Waals surface area (Å²) in [6.07, 6.45) is 2.40. The van der Waals surface area contributed by atoms with E-state index in [4.69, 9.17) is 4.74 Å². The first-order valence-corrected chi connectivity index (χ1v) is 8.11. The zero-order chi connectivity index (χ0) is 14.5. The Morgan fingerprint density at radius 2 is 2.10 bits per heavy atom. The van der Waals surface area contributed by atoms with E-state index in [0.29, 0.717) is 6.54 Å². The fraction of sp³-hybridized carbons (Fsp3) is 0.533. The highest BCUT2D eigenvalue weighted by atomic mass is 32.2. The maximum atomic E-state index is 12.1. The molecule has 1 aromatic rings. The molecule has 5 heteroatoms. The van der Waals surface area contributed by atoms with Crippen LogP contribution in [0, 0.1) is 0 Å². The number of rotatable bonds is 4. The molecule has 1 heterocycles. The molecular weight excluding hydrogens is 272 g/mol. The Hall–Kier alpha value is -1.04. The van der Waals surface area contributed by atoms with Gasteiger partial charge in [0.25, 0.3) is 0 Å². The highest BCUT2D eigenvalue weighted by Gasteiger charge is 2.23. The number of benzene rings is 1. The number of nitrogens with one attached hydrogen (secondary N) is 1. The molecule has 1 fully saturated rings. The van der Waals surface area contributed by atoms with E-state index in [1.807, 2.05) is 44.4 Å². The molecule has 0 bridgehead atoms. The van der Waals surface area contributed by atoms with Gasteiger partial charge in [-0.25, -0.2) is 0 Å². The molecule has 1 saturated heterocycles. The first-order chi connectivity index (χ1) is 9.56. The largest absolute Gasteiger partial charge is 0.373 e. The Morgan fingerprint density at radius 1 is 1.40 bits per heavy atom. The summed E-state index contributed by atoms with van der Waals surface area (Å²) in [6, 6.07) is 7.90. The zero-order valence-corrected chi connectivity index (χ0v) is 13.1. The summed E-state index contributed by atoms with van der Waals surface area (Å²) in [5.74, 6) is 0.0320. The third-order valence-corrected chi connectivity index (χ3v) is 3.94. The molecule has 0 aromatic heterocycles. The molecule has 110 valence electrons. The molecule has 2 atom stereocenters. The second-order valence-corrected chi connectivity index (χ2v) is 6.11. The van der Waals surface area contributed by atoms with Gasteiger partial charge < -0.3 is 10.1 Å². The van der Waals surface area contributed by atoms with E-state index in [-0.39, 0.29) is 18.1 Å². The van der Waals surface area contributed by atoms with Crippen LogP contribution in [-0.2, 0) is 9.53 Å². The second kappa shape index (κ2) is 7.11. The standard InChI is InChI=1S/C15H22N2O2S/c1-11-8-17(9-12(2)19-11)10-15(18)16-13-5-4-6-14(7-13)20-3/h4-7,11-12H,8-10H2,1-3H3,(H,16,18). The lowest BCUT2D eigenvalue weighted by molar-refractivity contribution is -0.121. The van der Waals surface area contributed by atoms with Gasteiger partial charge in [-0.15, -0.1) is 11.8 Å². The molecule has 0 radical (unpaired) electrons. The number of amides is 1. The Balaban J connectivity index is 1.88. The van der Waals surface area contributed by atoms with Crippen LogP contribution in [0.25, 0.3) is 0 Å². The maximum absolute atomic E-state index is 12.1. The number of hydrogen-bond acceptors (Lipinski definition) is 4. The van der Waals surface area contributed by atoms with Crippen molar-refractivity contribution in [3.8, 4) is 0 Å².